The van der Waals surface area contributed by atoms with E-state index < -0.39 is 12.1 Å². The molecular weight excluding hydrogens is 376 g/mol. The van der Waals surface area contributed by atoms with Crippen LogP contribution in [0.4, 0.5) is 0 Å². The first-order chi connectivity index (χ1) is 14.0. The molecule has 0 saturated heterocycles. The second-order valence-corrected chi connectivity index (χ2v) is 6.19. The predicted octanol–water partition coefficient (Wildman–Crippen LogP) is 3.65. The number of ketones is 1. The Morgan fingerprint density at radius 1 is 1.17 bits per heavy atom. The van der Waals surface area contributed by atoms with E-state index in [0.29, 0.717) is 34.1 Å². The van der Waals surface area contributed by atoms with E-state index in [9.17, 15) is 9.59 Å². The Kier molecular flexibility index (Phi) is 6.07. The minimum Gasteiger partial charge on any atom is -0.493 e. The van der Waals surface area contributed by atoms with E-state index in [1.165, 1.54) is 7.11 Å². The van der Waals surface area contributed by atoms with Crippen LogP contribution in [0.3, 0.4) is 0 Å². The standard InChI is InChI=1S/C22H22O7/c1-5-27-22(24)13(2)28-15-9-10-16-18(12-15)29-19(20(16)23)11-14-7-6-8-17(25-3)21(14)26-4/h6-13H,5H2,1-4H3/b19-11-/t13-/m0/s1. The molecule has 0 radical (unpaired) electrons. The highest BCUT2D eigenvalue weighted by molar-refractivity contribution is 6.14. The molecule has 0 bridgehead atoms. The summed E-state index contributed by atoms with van der Waals surface area (Å²) >= 11 is 0. The number of methoxy groups -OCH3 is 2. The van der Waals surface area contributed by atoms with Gasteiger partial charge < -0.3 is 23.7 Å². The van der Waals surface area contributed by atoms with Crippen molar-refractivity contribution in [2.24, 2.45) is 0 Å². The van der Waals surface area contributed by atoms with Gasteiger partial charge in [-0.05, 0) is 38.1 Å². The summed E-state index contributed by atoms with van der Waals surface area (Å²) in [4.78, 5) is 24.4. The zero-order valence-electron chi connectivity index (χ0n) is 16.7. The number of para-hydroxylation sites is 1. The zero-order chi connectivity index (χ0) is 21.0. The fourth-order valence-corrected chi connectivity index (χ4v) is 2.92. The SMILES string of the molecule is CCOC(=O)[C@H](C)Oc1ccc2c(c1)O/C(=C\c1cccc(OC)c1OC)C2=O. The van der Waals surface area contributed by atoms with Crippen molar-refractivity contribution in [3.05, 3.63) is 53.3 Å². The van der Waals surface area contributed by atoms with Crippen molar-refractivity contribution in [1.82, 2.24) is 0 Å². The number of esters is 1. The highest BCUT2D eigenvalue weighted by Crippen LogP contribution is 2.37. The van der Waals surface area contributed by atoms with E-state index in [0.717, 1.165) is 0 Å². The number of fused-ring (bicyclic) bond motifs is 1. The van der Waals surface area contributed by atoms with Crippen LogP contribution in [0.1, 0.15) is 29.8 Å². The Morgan fingerprint density at radius 2 is 1.97 bits per heavy atom. The molecule has 0 spiro atoms. The number of carbonyl (C=O) groups is 2. The Morgan fingerprint density at radius 3 is 2.66 bits per heavy atom. The topological polar surface area (TPSA) is 80.3 Å². The second-order valence-electron chi connectivity index (χ2n) is 6.19. The minimum atomic E-state index is -0.777. The fraction of sp³-hybridized carbons (Fsp3) is 0.273. The largest absolute Gasteiger partial charge is 0.493 e. The first-order valence-electron chi connectivity index (χ1n) is 9.11. The number of rotatable bonds is 7. The van der Waals surface area contributed by atoms with E-state index in [4.69, 9.17) is 23.7 Å². The van der Waals surface area contributed by atoms with Gasteiger partial charge in [-0.15, -0.1) is 0 Å². The van der Waals surface area contributed by atoms with Crippen LogP contribution < -0.4 is 18.9 Å². The summed E-state index contributed by atoms with van der Waals surface area (Å²) in [5, 5.41) is 0. The summed E-state index contributed by atoms with van der Waals surface area (Å²) in [6.07, 6.45) is 0.826. The Balaban J connectivity index is 1.84. The number of ether oxygens (including phenoxy) is 5. The smallest absolute Gasteiger partial charge is 0.347 e. The molecule has 0 aliphatic carbocycles. The average molecular weight is 398 g/mol. The van der Waals surface area contributed by atoms with Crippen molar-refractivity contribution < 1.29 is 33.3 Å². The van der Waals surface area contributed by atoms with E-state index in [2.05, 4.69) is 0 Å². The molecule has 0 unspecified atom stereocenters. The Bertz CT molecular complexity index is 962. The van der Waals surface area contributed by atoms with Gasteiger partial charge in [0.05, 0.1) is 26.4 Å². The molecule has 0 saturated carbocycles. The summed E-state index contributed by atoms with van der Waals surface area (Å²) in [6, 6.07) is 10.2. The molecule has 1 atom stereocenters. The van der Waals surface area contributed by atoms with Gasteiger partial charge in [0.1, 0.15) is 11.5 Å². The van der Waals surface area contributed by atoms with Crippen LogP contribution in [0.15, 0.2) is 42.2 Å². The lowest BCUT2D eigenvalue weighted by molar-refractivity contribution is -0.150. The molecule has 152 valence electrons. The number of carbonyl (C=O) groups excluding carboxylic acids is 2. The molecule has 0 fully saturated rings. The molecule has 0 amide bonds. The number of Topliss-reactive ketones (excluding diaryl/α,β-unsaturated/α-hetero) is 1. The number of hydrogen-bond donors (Lipinski definition) is 0. The molecule has 0 aromatic heterocycles. The van der Waals surface area contributed by atoms with Crippen molar-refractivity contribution in [3.63, 3.8) is 0 Å². The molecule has 1 aliphatic heterocycles. The van der Waals surface area contributed by atoms with Crippen molar-refractivity contribution in [3.8, 4) is 23.0 Å². The molecule has 3 rings (SSSR count). The summed E-state index contributed by atoms with van der Waals surface area (Å²) in [5.74, 6) is 1.25. The van der Waals surface area contributed by atoms with Gasteiger partial charge in [0.25, 0.3) is 0 Å². The second kappa shape index (κ2) is 8.68. The molecule has 1 aliphatic rings. The van der Waals surface area contributed by atoms with Gasteiger partial charge in [0.2, 0.25) is 5.78 Å². The first kappa shape index (κ1) is 20.3. The van der Waals surface area contributed by atoms with Crippen LogP contribution in [-0.4, -0.2) is 38.7 Å². The maximum atomic E-state index is 12.7. The molecule has 29 heavy (non-hydrogen) atoms. The minimum absolute atomic E-state index is 0.155. The monoisotopic (exact) mass is 398 g/mol. The molecule has 2 aromatic carbocycles. The molecule has 7 heteroatoms. The van der Waals surface area contributed by atoms with Gasteiger partial charge in [0, 0.05) is 11.6 Å². The van der Waals surface area contributed by atoms with Gasteiger partial charge in [-0.2, -0.15) is 0 Å². The number of allylic oxidation sites excluding steroid dienone is 1. The molecular formula is C22H22O7. The quantitative estimate of drug-likeness (QED) is 0.520. The van der Waals surface area contributed by atoms with Gasteiger partial charge in [-0.3, -0.25) is 4.79 Å². The van der Waals surface area contributed by atoms with Crippen LogP contribution in [0.2, 0.25) is 0 Å². The lowest BCUT2D eigenvalue weighted by Crippen LogP contribution is -2.26. The van der Waals surface area contributed by atoms with Crippen LogP contribution in [-0.2, 0) is 9.53 Å². The van der Waals surface area contributed by atoms with E-state index in [1.54, 1.807) is 63.4 Å². The first-order valence-corrected chi connectivity index (χ1v) is 9.11. The van der Waals surface area contributed by atoms with Crippen LogP contribution in [0, 0.1) is 0 Å². The zero-order valence-corrected chi connectivity index (χ0v) is 16.7. The summed E-state index contributed by atoms with van der Waals surface area (Å²) in [6.45, 7) is 3.60. The van der Waals surface area contributed by atoms with E-state index in [1.807, 2.05) is 0 Å². The van der Waals surface area contributed by atoms with Crippen LogP contribution in [0.5, 0.6) is 23.0 Å². The van der Waals surface area contributed by atoms with Crippen molar-refractivity contribution in [2.75, 3.05) is 20.8 Å². The molecule has 7 nitrogen and oxygen atoms in total. The maximum absolute atomic E-state index is 12.7. The van der Waals surface area contributed by atoms with Crippen LogP contribution >= 0.6 is 0 Å². The number of hydrogen-bond acceptors (Lipinski definition) is 7. The lowest BCUT2D eigenvalue weighted by atomic mass is 10.1. The summed E-state index contributed by atoms with van der Waals surface area (Å²) in [5.41, 5.74) is 1.06. The Labute approximate surface area is 168 Å². The van der Waals surface area contributed by atoms with E-state index >= 15 is 0 Å². The fourth-order valence-electron chi connectivity index (χ4n) is 2.92. The number of benzene rings is 2. The molecule has 2 aromatic rings. The van der Waals surface area contributed by atoms with Crippen molar-refractivity contribution in [1.29, 1.82) is 0 Å². The summed E-state index contributed by atoms with van der Waals surface area (Å²) in [7, 11) is 3.07. The van der Waals surface area contributed by atoms with E-state index in [-0.39, 0.29) is 18.1 Å². The van der Waals surface area contributed by atoms with Crippen molar-refractivity contribution in [2.45, 2.75) is 20.0 Å². The third kappa shape index (κ3) is 4.18. The predicted molar refractivity (Wildman–Crippen MR) is 106 cm³/mol. The normalized spacial score (nSPS) is 14.8. The lowest BCUT2D eigenvalue weighted by Gasteiger charge is -2.13. The maximum Gasteiger partial charge on any atom is 0.347 e. The third-order valence-electron chi connectivity index (χ3n) is 4.29. The van der Waals surface area contributed by atoms with Gasteiger partial charge in [-0.1, -0.05) is 12.1 Å². The average Bonchev–Trinajstić information content (AvgIpc) is 3.02. The van der Waals surface area contributed by atoms with Gasteiger partial charge in [0.15, 0.2) is 23.4 Å². The molecule has 1 heterocycles. The summed E-state index contributed by atoms with van der Waals surface area (Å²) < 4.78 is 26.9. The highest BCUT2D eigenvalue weighted by atomic mass is 16.6. The molecule has 0 N–H and O–H groups in total. The Hall–Kier alpha value is -3.48. The third-order valence-corrected chi connectivity index (χ3v) is 4.29. The van der Waals surface area contributed by atoms with Gasteiger partial charge in [-0.25, -0.2) is 4.79 Å². The van der Waals surface area contributed by atoms with Gasteiger partial charge >= 0.3 is 5.97 Å². The van der Waals surface area contributed by atoms with Crippen molar-refractivity contribution >= 4 is 17.8 Å². The highest BCUT2D eigenvalue weighted by Gasteiger charge is 2.29. The van der Waals surface area contributed by atoms with Crippen LogP contribution in [0.25, 0.3) is 6.08 Å².